The second-order valence-corrected chi connectivity index (χ2v) is 5.21. The van der Waals surface area contributed by atoms with Crippen LogP contribution in [0.25, 0.3) is 0 Å². The zero-order valence-corrected chi connectivity index (χ0v) is 12.2. The number of urea groups is 1. The quantitative estimate of drug-likeness (QED) is 0.636. The molecule has 0 aromatic heterocycles. The Morgan fingerprint density at radius 1 is 1.40 bits per heavy atom. The van der Waals surface area contributed by atoms with Gasteiger partial charge in [-0.3, -0.25) is 0 Å². The van der Waals surface area contributed by atoms with E-state index in [9.17, 15) is 9.59 Å². The first kappa shape index (κ1) is 16.8. The molecule has 1 unspecified atom stereocenters. The summed E-state index contributed by atoms with van der Waals surface area (Å²) in [6, 6.07) is -1.22. The molecular formula is C14H26N2O4. The van der Waals surface area contributed by atoms with E-state index in [-0.39, 0.29) is 6.10 Å². The van der Waals surface area contributed by atoms with Crippen molar-refractivity contribution < 1.29 is 19.4 Å². The van der Waals surface area contributed by atoms with Crippen LogP contribution in [0.3, 0.4) is 0 Å². The Balaban J connectivity index is 2.18. The third-order valence-corrected chi connectivity index (χ3v) is 3.48. The van der Waals surface area contributed by atoms with Gasteiger partial charge in [0.2, 0.25) is 0 Å². The van der Waals surface area contributed by atoms with Crippen LogP contribution < -0.4 is 10.6 Å². The summed E-state index contributed by atoms with van der Waals surface area (Å²) in [6.07, 6.45) is 6.48. The second kappa shape index (κ2) is 9.58. The van der Waals surface area contributed by atoms with Gasteiger partial charge in [-0.1, -0.05) is 19.8 Å². The highest BCUT2D eigenvalue weighted by molar-refractivity contribution is 5.82. The van der Waals surface area contributed by atoms with Crippen molar-refractivity contribution >= 4 is 12.0 Å². The molecule has 0 spiro atoms. The Morgan fingerprint density at radius 2 is 2.20 bits per heavy atom. The molecular weight excluding hydrogens is 260 g/mol. The first-order chi connectivity index (χ1) is 9.63. The number of carboxylic acids is 1. The second-order valence-electron chi connectivity index (χ2n) is 5.21. The molecule has 0 saturated carbocycles. The highest BCUT2D eigenvalue weighted by atomic mass is 16.5. The molecule has 20 heavy (non-hydrogen) atoms. The van der Waals surface area contributed by atoms with Gasteiger partial charge in [0.25, 0.3) is 0 Å². The molecule has 1 heterocycles. The van der Waals surface area contributed by atoms with Crippen LogP contribution in [0.5, 0.6) is 0 Å². The van der Waals surface area contributed by atoms with Crippen LogP contribution in [-0.4, -0.2) is 42.4 Å². The van der Waals surface area contributed by atoms with E-state index in [4.69, 9.17) is 9.84 Å². The molecule has 1 rings (SSSR count). The SMILES string of the molecule is CCCC[C@H](NC(=O)NCCC1CCCCO1)C(=O)O. The minimum Gasteiger partial charge on any atom is -0.480 e. The molecule has 116 valence electrons. The van der Waals surface area contributed by atoms with Gasteiger partial charge >= 0.3 is 12.0 Å². The number of ether oxygens (including phenoxy) is 1. The van der Waals surface area contributed by atoms with E-state index in [0.29, 0.717) is 13.0 Å². The standard InChI is InChI=1S/C14H26N2O4/c1-2-3-7-12(13(17)18)16-14(19)15-9-8-11-6-4-5-10-20-11/h11-12H,2-10H2,1H3,(H,17,18)(H2,15,16,19)/t11?,12-/m0/s1. The Morgan fingerprint density at radius 3 is 2.80 bits per heavy atom. The minimum absolute atomic E-state index is 0.222. The summed E-state index contributed by atoms with van der Waals surface area (Å²) in [4.78, 5) is 22.6. The van der Waals surface area contributed by atoms with Gasteiger partial charge in [-0.05, 0) is 32.1 Å². The van der Waals surface area contributed by atoms with Gasteiger partial charge < -0.3 is 20.5 Å². The van der Waals surface area contributed by atoms with Gasteiger partial charge in [0.15, 0.2) is 0 Å². The number of carboxylic acid groups (broad SMARTS) is 1. The van der Waals surface area contributed by atoms with Gasteiger partial charge in [0.1, 0.15) is 6.04 Å². The van der Waals surface area contributed by atoms with Gasteiger partial charge in [0.05, 0.1) is 6.10 Å². The monoisotopic (exact) mass is 286 g/mol. The minimum atomic E-state index is -0.982. The Labute approximate surface area is 120 Å². The lowest BCUT2D eigenvalue weighted by atomic mass is 10.1. The lowest BCUT2D eigenvalue weighted by Crippen LogP contribution is -2.46. The van der Waals surface area contributed by atoms with Crippen molar-refractivity contribution in [2.24, 2.45) is 0 Å². The highest BCUT2D eigenvalue weighted by Gasteiger charge is 2.19. The summed E-state index contributed by atoms with van der Waals surface area (Å²) in [6.45, 7) is 3.30. The van der Waals surface area contributed by atoms with E-state index in [1.807, 2.05) is 6.92 Å². The summed E-state index contributed by atoms with van der Waals surface area (Å²) < 4.78 is 5.57. The molecule has 0 aromatic rings. The first-order valence-electron chi connectivity index (χ1n) is 7.52. The topological polar surface area (TPSA) is 87.7 Å². The third-order valence-electron chi connectivity index (χ3n) is 3.48. The Hall–Kier alpha value is -1.30. The smallest absolute Gasteiger partial charge is 0.326 e. The van der Waals surface area contributed by atoms with Gasteiger partial charge in [-0.2, -0.15) is 0 Å². The van der Waals surface area contributed by atoms with Crippen molar-refractivity contribution in [3.8, 4) is 0 Å². The molecule has 0 aromatic carbocycles. The average Bonchev–Trinajstić information content (AvgIpc) is 2.44. The Bertz CT molecular complexity index is 304. The summed E-state index contributed by atoms with van der Waals surface area (Å²) in [5.41, 5.74) is 0. The van der Waals surface area contributed by atoms with Gasteiger partial charge in [-0.25, -0.2) is 9.59 Å². The number of rotatable bonds is 8. The number of unbranched alkanes of at least 4 members (excludes halogenated alkanes) is 1. The van der Waals surface area contributed by atoms with Crippen molar-refractivity contribution in [3.63, 3.8) is 0 Å². The van der Waals surface area contributed by atoms with Gasteiger partial charge in [-0.15, -0.1) is 0 Å². The van der Waals surface area contributed by atoms with Crippen molar-refractivity contribution in [1.82, 2.24) is 10.6 Å². The number of carbonyl (C=O) groups is 2. The molecule has 6 nitrogen and oxygen atoms in total. The molecule has 2 atom stereocenters. The lowest BCUT2D eigenvalue weighted by Gasteiger charge is -2.22. The van der Waals surface area contributed by atoms with E-state index < -0.39 is 18.0 Å². The normalized spacial score (nSPS) is 20.1. The van der Waals surface area contributed by atoms with Crippen LogP contribution >= 0.6 is 0 Å². The number of amides is 2. The maximum absolute atomic E-state index is 11.6. The predicted molar refractivity (Wildman–Crippen MR) is 75.7 cm³/mol. The van der Waals surface area contributed by atoms with Crippen molar-refractivity contribution in [2.45, 2.75) is 64.0 Å². The van der Waals surface area contributed by atoms with E-state index in [0.717, 1.165) is 38.7 Å². The Kier molecular flexibility index (Phi) is 8.02. The molecule has 0 aliphatic carbocycles. The number of hydrogen-bond acceptors (Lipinski definition) is 3. The number of hydrogen-bond donors (Lipinski definition) is 3. The number of aliphatic carboxylic acids is 1. The average molecular weight is 286 g/mol. The van der Waals surface area contributed by atoms with Crippen LogP contribution in [0, 0.1) is 0 Å². The molecule has 1 aliphatic rings. The van der Waals surface area contributed by atoms with Crippen molar-refractivity contribution in [3.05, 3.63) is 0 Å². The maximum atomic E-state index is 11.6. The molecule has 3 N–H and O–H groups in total. The van der Waals surface area contributed by atoms with Crippen LogP contribution in [-0.2, 0) is 9.53 Å². The summed E-state index contributed by atoms with van der Waals surface area (Å²) >= 11 is 0. The number of carbonyl (C=O) groups excluding carboxylic acids is 1. The van der Waals surface area contributed by atoms with Crippen molar-refractivity contribution in [1.29, 1.82) is 0 Å². The summed E-state index contributed by atoms with van der Waals surface area (Å²) in [5, 5.41) is 14.2. The van der Waals surface area contributed by atoms with Crippen LogP contribution in [0.15, 0.2) is 0 Å². The largest absolute Gasteiger partial charge is 0.480 e. The number of nitrogens with one attached hydrogen (secondary N) is 2. The highest BCUT2D eigenvalue weighted by Crippen LogP contribution is 2.14. The van der Waals surface area contributed by atoms with E-state index in [2.05, 4.69) is 10.6 Å². The zero-order chi connectivity index (χ0) is 14.8. The zero-order valence-electron chi connectivity index (χ0n) is 12.2. The fourth-order valence-electron chi connectivity index (χ4n) is 2.26. The van der Waals surface area contributed by atoms with Crippen molar-refractivity contribution in [2.75, 3.05) is 13.2 Å². The van der Waals surface area contributed by atoms with Crippen LogP contribution in [0.2, 0.25) is 0 Å². The molecule has 1 fully saturated rings. The van der Waals surface area contributed by atoms with Crippen LogP contribution in [0.1, 0.15) is 51.9 Å². The summed E-state index contributed by atoms with van der Waals surface area (Å²) in [5.74, 6) is -0.982. The molecule has 2 amide bonds. The van der Waals surface area contributed by atoms with Gasteiger partial charge in [0, 0.05) is 13.2 Å². The van der Waals surface area contributed by atoms with E-state index >= 15 is 0 Å². The fraction of sp³-hybridized carbons (Fsp3) is 0.857. The molecule has 1 aliphatic heterocycles. The van der Waals surface area contributed by atoms with Crippen LogP contribution in [0.4, 0.5) is 4.79 Å². The third kappa shape index (κ3) is 6.75. The molecule has 6 heteroatoms. The lowest BCUT2D eigenvalue weighted by molar-refractivity contribution is -0.139. The maximum Gasteiger partial charge on any atom is 0.326 e. The first-order valence-corrected chi connectivity index (χ1v) is 7.52. The summed E-state index contributed by atoms with van der Waals surface area (Å²) in [7, 11) is 0. The molecule has 0 bridgehead atoms. The fourth-order valence-corrected chi connectivity index (χ4v) is 2.26. The van der Waals surface area contributed by atoms with E-state index in [1.54, 1.807) is 0 Å². The predicted octanol–water partition coefficient (Wildman–Crippen LogP) is 1.89. The molecule has 0 radical (unpaired) electrons. The van der Waals surface area contributed by atoms with E-state index in [1.165, 1.54) is 6.42 Å². The molecule has 1 saturated heterocycles.